The van der Waals surface area contributed by atoms with E-state index < -0.39 is 0 Å². The second-order valence-electron chi connectivity index (χ2n) is 4.36. The third-order valence-electron chi connectivity index (χ3n) is 3.58. The van der Waals surface area contributed by atoms with Gasteiger partial charge in [0, 0.05) is 12.3 Å². The van der Waals surface area contributed by atoms with Crippen LogP contribution < -0.4 is 5.32 Å². The molecule has 1 N–H and O–H groups in total. The maximum absolute atomic E-state index is 4.19. The van der Waals surface area contributed by atoms with E-state index in [0.717, 1.165) is 30.1 Å². The van der Waals surface area contributed by atoms with E-state index in [4.69, 9.17) is 0 Å². The maximum Gasteiger partial charge on any atom is 0.00398 e. The summed E-state index contributed by atoms with van der Waals surface area (Å²) in [7, 11) is 0. The molecule has 3 unspecified atom stereocenters. The lowest BCUT2D eigenvalue weighted by Crippen LogP contribution is -2.27. The molecule has 2 bridgehead atoms. The highest BCUT2D eigenvalue weighted by Crippen LogP contribution is 2.47. The van der Waals surface area contributed by atoms with Crippen molar-refractivity contribution in [3.63, 3.8) is 0 Å². The van der Waals surface area contributed by atoms with Gasteiger partial charge >= 0.3 is 0 Å². The van der Waals surface area contributed by atoms with Crippen molar-refractivity contribution in [1.29, 1.82) is 0 Å². The number of nitrogens with one attached hydrogen (secondary N) is 1. The number of hydrogen-bond acceptors (Lipinski definition) is 2. The Balaban J connectivity index is 1.69. The van der Waals surface area contributed by atoms with Crippen LogP contribution in [-0.4, -0.2) is 18.8 Å². The zero-order chi connectivity index (χ0) is 8.39. The van der Waals surface area contributed by atoms with Gasteiger partial charge < -0.3 is 5.32 Å². The van der Waals surface area contributed by atoms with E-state index in [0.29, 0.717) is 0 Å². The van der Waals surface area contributed by atoms with Crippen molar-refractivity contribution in [3.05, 3.63) is 0 Å². The van der Waals surface area contributed by atoms with Crippen LogP contribution in [0.15, 0.2) is 0 Å². The predicted molar refractivity (Wildman–Crippen MR) is 55.7 cm³/mol. The molecule has 0 aromatic heterocycles. The molecule has 0 spiro atoms. The first-order valence-electron chi connectivity index (χ1n) is 5.21. The Bertz CT molecular complexity index is 149. The van der Waals surface area contributed by atoms with Crippen LogP contribution in [0.2, 0.25) is 0 Å². The minimum atomic E-state index is 0.973. The standard InChI is InChI=1S/C10H19NS/c12-4-3-11-7-10-6-8-1-2-9(10)5-8/h8-12H,1-7H2. The first-order valence-corrected chi connectivity index (χ1v) is 5.85. The molecule has 2 aliphatic rings. The molecule has 0 heterocycles. The van der Waals surface area contributed by atoms with Crippen molar-refractivity contribution in [2.24, 2.45) is 17.8 Å². The van der Waals surface area contributed by atoms with E-state index in [1.54, 1.807) is 0 Å². The first-order chi connectivity index (χ1) is 5.90. The van der Waals surface area contributed by atoms with Crippen molar-refractivity contribution in [3.8, 4) is 0 Å². The van der Waals surface area contributed by atoms with Crippen molar-refractivity contribution in [2.45, 2.75) is 25.7 Å². The lowest BCUT2D eigenvalue weighted by atomic mass is 9.89. The van der Waals surface area contributed by atoms with Gasteiger partial charge in [0.1, 0.15) is 0 Å². The third kappa shape index (κ3) is 1.80. The van der Waals surface area contributed by atoms with Crippen LogP contribution in [0.25, 0.3) is 0 Å². The summed E-state index contributed by atoms with van der Waals surface area (Å²) in [5, 5.41) is 3.49. The molecule has 2 fully saturated rings. The summed E-state index contributed by atoms with van der Waals surface area (Å²) in [5.41, 5.74) is 0. The maximum atomic E-state index is 4.19. The third-order valence-corrected chi connectivity index (χ3v) is 3.80. The molecule has 12 heavy (non-hydrogen) atoms. The fourth-order valence-electron chi connectivity index (χ4n) is 2.99. The van der Waals surface area contributed by atoms with Gasteiger partial charge in [-0.2, -0.15) is 12.6 Å². The van der Waals surface area contributed by atoms with Crippen molar-refractivity contribution < 1.29 is 0 Å². The zero-order valence-corrected chi connectivity index (χ0v) is 8.52. The fourth-order valence-corrected chi connectivity index (χ4v) is 3.15. The van der Waals surface area contributed by atoms with Gasteiger partial charge in [-0.25, -0.2) is 0 Å². The lowest BCUT2D eigenvalue weighted by Gasteiger charge is -2.21. The minimum absolute atomic E-state index is 0.973. The van der Waals surface area contributed by atoms with Gasteiger partial charge in [-0.05, 0) is 43.6 Å². The Hall–Kier alpha value is 0.310. The van der Waals surface area contributed by atoms with Gasteiger partial charge in [0.25, 0.3) is 0 Å². The SMILES string of the molecule is SCCNCC1CC2CCC1C2. The summed E-state index contributed by atoms with van der Waals surface area (Å²) >= 11 is 4.19. The molecule has 2 saturated carbocycles. The number of thiol groups is 1. The van der Waals surface area contributed by atoms with E-state index in [-0.39, 0.29) is 0 Å². The molecule has 3 atom stereocenters. The lowest BCUT2D eigenvalue weighted by molar-refractivity contribution is 0.321. The van der Waals surface area contributed by atoms with E-state index in [1.807, 2.05) is 0 Å². The highest BCUT2D eigenvalue weighted by atomic mass is 32.1. The molecule has 0 saturated heterocycles. The topological polar surface area (TPSA) is 12.0 Å². The Morgan fingerprint density at radius 3 is 2.75 bits per heavy atom. The van der Waals surface area contributed by atoms with Crippen LogP contribution in [0.5, 0.6) is 0 Å². The molecule has 2 heteroatoms. The quantitative estimate of drug-likeness (QED) is 0.504. The van der Waals surface area contributed by atoms with Crippen molar-refractivity contribution >= 4 is 12.6 Å². The van der Waals surface area contributed by atoms with Crippen molar-refractivity contribution in [2.75, 3.05) is 18.8 Å². The average Bonchev–Trinajstić information content (AvgIpc) is 2.65. The number of hydrogen-bond donors (Lipinski definition) is 2. The summed E-state index contributed by atoms with van der Waals surface area (Å²) in [5.74, 6) is 4.14. The molecule has 0 aromatic carbocycles. The van der Waals surface area contributed by atoms with Crippen LogP contribution in [0, 0.1) is 17.8 Å². The molecule has 2 rings (SSSR count). The van der Waals surface area contributed by atoms with Crippen LogP contribution in [0.1, 0.15) is 25.7 Å². The number of fused-ring (bicyclic) bond motifs is 2. The van der Waals surface area contributed by atoms with E-state index in [9.17, 15) is 0 Å². The molecule has 0 aromatic rings. The van der Waals surface area contributed by atoms with Crippen LogP contribution in [-0.2, 0) is 0 Å². The molecule has 0 radical (unpaired) electrons. The Kier molecular flexibility index (Phi) is 2.97. The molecular weight excluding hydrogens is 166 g/mol. The van der Waals surface area contributed by atoms with Gasteiger partial charge in [-0.15, -0.1) is 0 Å². The number of rotatable bonds is 4. The van der Waals surface area contributed by atoms with Gasteiger partial charge in [-0.1, -0.05) is 6.42 Å². The normalized spacial score (nSPS) is 39.2. The fraction of sp³-hybridized carbons (Fsp3) is 1.00. The summed E-state index contributed by atoms with van der Waals surface area (Å²) < 4.78 is 0. The minimum Gasteiger partial charge on any atom is -0.316 e. The van der Waals surface area contributed by atoms with Gasteiger partial charge in [0.05, 0.1) is 0 Å². The average molecular weight is 185 g/mol. The van der Waals surface area contributed by atoms with Crippen LogP contribution in [0.3, 0.4) is 0 Å². The highest BCUT2D eigenvalue weighted by molar-refractivity contribution is 7.80. The summed E-state index contributed by atoms with van der Waals surface area (Å²) in [6.45, 7) is 2.33. The summed E-state index contributed by atoms with van der Waals surface area (Å²) in [4.78, 5) is 0. The molecule has 1 nitrogen and oxygen atoms in total. The van der Waals surface area contributed by atoms with E-state index in [1.165, 1.54) is 32.2 Å². The largest absolute Gasteiger partial charge is 0.316 e. The Morgan fingerprint density at radius 2 is 2.17 bits per heavy atom. The smallest absolute Gasteiger partial charge is 0.00398 e. The van der Waals surface area contributed by atoms with Gasteiger partial charge in [-0.3, -0.25) is 0 Å². The highest BCUT2D eigenvalue weighted by Gasteiger charge is 2.38. The first kappa shape index (κ1) is 8.89. The Morgan fingerprint density at radius 1 is 1.25 bits per heavy atom. The molecule has 0 amide bonds. The molecular formula is C10H19NS. The monoisotopic (exact) mass is 185 g/mol. The van der Waals surface area contributed by atoms with Gasteiger partial charge in [0.15, 0.2) is 0 Å². The second-order valence-corrected chi connectivity index (χ2v) is 4.81. The van der Waals surface area contributed by atoms with E-state index >= 15 is 0 Å². The second kappa shape index (κ2) is 4.01. The summed E-state index contributed by atoms with van der Waals surface area (Å²) in [6.07, 6.45) is 6.07. The van der Waals surface area contributed by atoms with Crippen molar-refractivity contribution in [1.82, 2.24) is 5.32 Å². The predicted octanol–water partition coefficient (Wildman–Crippen LogP) is 1.94. The van der Waals surface area contributed by atoms with Crippen LogP contribution in [0.4, 0.5) is 0 Å². The zero-order valence-electron chi connectivity index (χ0n) is 7.63. The van der Waals surface area contributed by atoms with Crippen LogP contribution >= 0.6 is 12.6 Å². The molecule has 2 aliphatic carbocycles. The Labute approximate surface area is 80.7 Å². The van der Waals surface area contributed by atoms with E-state index in [2.05, 4.69) is 17.9 Å². The van der Waals surface area contributed by atoms with Gasteiger partial charge in [0.2, 0.25) is 0 Å². The molecule has 0 aliphatic heterocycles. The molecule has 70 valence electrons. The summed E-state index contributed by atoms with van der Waals surface area (Å²) in [6, 6.07) is 0.